The van der Waals surface area contributed by atoms with Crippen LogP contribution in [0.5, 0.6) is 0 Å². The molecule has 0 saturated carbocycles. The first kappa shape index (κ1) is 22.3. The van der Waals surface area contributed by atoms with Gasteiger partial charge >= 0.3 is 0 Å². The molecule has 0 aliphatic carbocycles. The van der Waals surface area contributed by atoms with Gasteiger partial charge in [-0.15, -0.1) is 0 Å². The Balaban J connectivity index is 1.32. The number of carbonyl (C=O) groups is 1. The molecule has 2 unspecified atom stereocenters. The molecule has 3 aliphatic heterocycles. The summed E-state index contributed by atoms with van der Waals surface area (Å²) >= 11 is 0. The molecule has 33 heavy (non-hydrogen) atoms. The highest BCUT2D eigenvalue weighted by atomic mass is 31.1. The second-order valence-electron chi connectivity index (χ2n) is 9.61. The number of allylic oxidation sites excluding steroid dienone is 1. The smallest absolute Gasteiger partial charge is 0.252 e. The van der Waals surface area contributed by atoms with Crippen LogP contribution < -0.4 is 5.32 Å². The van der Waals surface area contributed by atoms with Crippen molar-refractivity contribution in [3.05, 3.63) is 59.5 Å². The minimum Gasteiger partial charge on any atom is -0.370 e. The summed E-state index contributed by atoms with van der Waals surface area (Å²) in [5.41, 5.74) is 5.11. The molecule has 1 N–H and O–H groups in total. The highest BCUT2D eigenvalue weighted by molar-refractivity contribution is 7.51. The van der Waals surface area contributed by atoms with E-state index in [1.165, 1.54) is 0 Å². The number of hydrogen-bond donors (Lipinski definition) is 1. The Hall–Kier alpha value is -2.50. The van der Waals surface area contributed by atoms with Gasteiger partial charge in [0.2, 0.25) is 0 Å². The Morgan fingerprint density at radius 3 is 2.82 bits per heavy atom. The maximum atomic E-state index is 13.1. The van der Waals surface area contributed by atoms with E-state index in [4.69, 9.17) is 5.10 Å². The van der Waals surface area contributed by atoms with E-state index in [1.807, 2.05) is 29.5 Å². The molecular formula is C25H33N6OP. The van der Waals surface area contributed by atoms with E-state index in [1.54, 1.807) is 6.08 Å². The largest absolute Gasteiger partial charge is 0.370 e. The van der Waals surface area contributed by atoms with Gasteiger partial charge in [0, 0.05) is 36.2 Å². The summed E-state index contributed by atoms with van der Waals surface area (Å²) in [6, 6.07) is 2.05. The van der Waals surface area contributed by atoms with Crippen LogP contribution in [0.3, 0.4) is 0 Å². The molecule has 0 radical (unpaired) electrons. The van der Waals surface area contributed by atoms with Crippen molar-refractivity contribution in [3.63, 3.8) is 0 Å². The summed E-state index contributed by atoms with van der Waals surface area (Å²) in [7, 11) is 0.464. The number of rotatable bonds is 5. The van der Waals surface area contributed by atoms with E-state index in [0.29, 0.717) is 8.58 Å². The Bertz CT molecular complexity index is 1170. The van der Waals surface area contributed by atoms with Crippen molar-refractivity contribution in [2.75, 3.05) is 19.6 Å². The Labute approximate surface area is 197 Å². The second kappa shape index (κ2) is 8.69. The summed E-state index contributed by atoms with van der Waals surface area (Å²) in [6.07, 6.45) is 13.5. The van der Waals surface area contributed by atoms with Crippen LogP contribution in [0.15, 0.2) is 42.4 Å². The molecule has 0 aromatic carbocycles. The number of nitrogens with one attached hydrogen (secondary N) is 1. The van der Waals surface area contributed by atoms with E-state index in [9.17, 15) is 4.79 Å². The number of nitrogens with zero attached hydrogens (tertiary/aromatic N) is 5. The van der Waals surface area contributed by atoms with Crippen molar-refractivity contribution < 1.29 is 4.79 Å². The lowest BCUT2D eigenvalue weighted by Gasteiger charge is -2.43. The van der Waals surface area contributed by atoms with Crippen molar-refractivity contribution >= 4 is 25.3 Å². The van der Waals surface area contributed by atoms with Crippen LogP contribution >= 0.6 is 8.58 Å². The maximum Gasteiger partial charge on any atom is 0.252 e. The summed E-state index contributed by atoms with van der Waals surface area (Å²) in [5.74, 6) is 0.0958. The fourth-order valence-electron chi connectivity index (χ4n) is 4.88. The molecule has 1 fully saturated rings. The first-order valence-electron chi connectivity index (χ1n) is 11.9. The van der Waals surface area contributed by atoms with Gasteiger partial charge in [-0.05, 0) is 58.7 Å². The molecular weight excluding hydrogens is 431 g/mol. The number of carbonyl (C=O) groups excluding carboxylic acids is 1. The Kier molecular flexibility index (Phi) is 5.87. The van der Waals surface area contributed by atoms with Gasteiger partial charge in [0.25, 0.3) is 5.91 Å². The van der Waals surface area contributed by atoms with Crippen LogP contribution in [0.4, 0.5) is 0 Å². The fraction of sp³-hybridized carbons (Fsp3) is 0.480. The number of hydrogen-bond acceptors (Lipinski definition) is 5. The normalized spacial score (nSPS) is 23.2. The zero-order chi connectivity index (χ0) is 23.2. The topological polar surface area (TPSA) is 65.8 Å². The van der Waals surface area contributed by atoms with Crippen LogP contribution in [-0.2, 0) is 4.79 Å². The maximum absolute atomic E-state index is 13.1. The molecule has 5 heterocycles. The van der Waals surface area contributed by atoms with E-state index in [-0.39, 0.29) is 17.2 Å². The predicted molar refractivity (Wildman–Crippen MR) is 134 cm³/mol. The summed E-state index contributed by atoms with van der Waals surface area (Å²) in [6.45, 7) is 11.6. The van der Waals surface area contributed by atoms with Crippen LogP contribution in [-0.4, -0.2) is 61.3 Å². The zero-order valence-electron chi connectivity index (χ0n) is 19.9. The lowest BCUT2D eigenvalue weighted by molar-refractivity contribution is -0.123. The lowest BCUT2D eigenvalue weighted by atomic mass is 9.89. The zero-order valence-corrected chi connectivity index (χ0v) is 20.9. The number of aryl methyl sites for hydroxylation is 2. The van der Waals surface area contributed by atoms with Gasteiger partial charge in [-0.25, -0.2) is 4.52 Å². The minimum atomic E-state index is 0.0325. The van der Waals surface area contributed by atoms with Gasteiger partial charge in [-0.1, -0.05) is 21.6 Å². The molecule has 0 spiro atoms. The van der Waals surface area contributed by atoms with E-state index in [2.05, 4.69) is 53.5 Å². The average molecular weight is 465 g/mol. The van der Waals surface area contributed by atoms with Crippen LogP contribution in [0.1, 0.15) is 50.2 Å². The van der Waals surface area contributed by atoms with Crippen molar-refractivity contribution in [1.82, 2.24) is 29.7 Å². The lowest BCUT2D eigenvalue weighted by Crippen LogP contribution is -2.51. The number of amides is 1. The molecule has 2 aromatic rings. The van der Waals surface area contributed by atoms with E-state index < -0.39 is 0 Å². The molecule has 1 amide bonds. The quantitative estimate of drug-likeness (QED) is 0.682. The van der Waals surface area contributed by atoms with Crippen molar-refractivity contribution in [1.29, 1.82) is 0 Å². The van der Waals surface area contributed by atoms with Crippen molar-refractivity contribution in [3.8, 4) is 0 Å². The standard InChI is InChI=1S/C25H33N6OP/c1-5-10-26-25(4)8-11-29(12-9-25)19-6-7-24-30(16-19)23(32)14-22(33-24)20-13-21-18(3)27-17(2)15-31(21)28-20/h6-7,13-16,24,26,33H,5,8-12H2,1-4H3. The second-order valence-corrected chi connectivity index (χ2v) is 11.0. The van der Waals surface area contributed by atoms with Crippen molar-refractivity contribution in [2.24, 2.45) is 0 Å². The SMILES string of the molecule is CCCNC1(C)CCN(C2=CN3C(=O)C=C(c4cc5c(C)nc(C)cn5n4)PC3C=C2)CC1. The molecule has 174 valence electrons. The average Bonchev–Trinajstić information content (AvgIpc) is 3.23. The monoisotopic (exact) mass is 464 g/mol. The third-order valence-electron chi connectivity index (χ3n) is 6.92. The highest BCUT2D eigenvalue weighted by Gasteiger charge is 2.33. The molecule has 0 bridgehead atoms. The van der Waals surface area contributed by atoms with Crippen LogP contribution in [0.25, 0.3) is 10.8 Å². The number of fused-ring (bicyclic) bond motifs is 2. The third-order valence-corrected chi connectivity index (χ3v) is 8.39. The van der Waals surface area contributed by atoms with Crippen LogP contribution in [0.2, 0.25) is 0 Å². The predicted octanol–water partition coefficient (Wildman–Crippen LogP) is 3.80. The summed E-state index contributed by atoms with van der Waals surface area (Å²) in [4.78, 5) is 21.9. The van der Waals surface area contributed by atoms with Gasteiger partial charge < -0.3 is 15.1 Å². The molecule has 2 aromatic heterocycles. The van der Waals surface area contributed by atoms with Gasteiger partial charge in [-0.2, -0.15) is 5.10 Å². The van der Waals surface area contributed by atoms with Gasteiger partial charge in [0.1, 0.15) is 0 Å². The number of likely N-dealkylation sites (tertiary alicyclic amines) is 1. The molecule has 8 heteroatoms. The molecule has 7 nitrogen and oxygen atoms in total. The summed E-state index contributed by atoms with van der Waals surface area (Å²) < 4.78 is 1.88. The fourth-order valence-corrected chi connectivity index (χ4v) is 6.21. The highest BCUT2D eigenvalue weighted by Crippen LogP contribution is 2.44. The number of piperidine rings is 1. The number of aromatic nitrogens is 3. The Morgan fingerprint density at radius 1 is 1.27 bits per heavy atom. The molecule has 1 saturated heterocycles. The van der Waals surface area contributed by atoms with Crippen LogP contribution in [0, 0.1) is 13.8 Å². The van der Waals surface area contributed by atoms with E-state index in [0.717, 1.165) is 72.5 Å². The van der Waals surface area contributed by atoms with Gasteiger partial charge in [0.15, 0.2) is 0 Å². The first-order valence-corrected chi connectivity index (χ1v) is 13.0. The summed E-state index contributed by atoms with van der Waals surface area (Å²) in [5, 5.41) is 9.47. The van der Waals surface area contributed by atoms with E-state index >= 15 is 0 Å². The van der Waals surface area contributed by atoms with Gasteiger partial charge in [0.05, 0.1) is 40.3 Å². The first-order chi connectivity index (χ1) is 15.8. The molecule has 2 atom stereocenters. The Morgan fingerprint density at radius 2 is 2.06 bits per heavy atom. The minimum absolute atomic E-state index is 0.0325. The van der Waals surface area contributed by atoms with Gasteiger partial charge in [-0.3, -0.25) is 9.78 Å². The molecule has 5 rings (SSSR count). The third kappa shape index (κ3) is 4.36. The van der Waals surface area contributed by atoms with Crippen molar-refractivity contribution in [2.45, 2.75) is 58.3 Å². The molecule has 3 aliphatic rings.